The average molecular weight is 358 g/mol. The van der Waals surface area contributed by atoms with Crippen molar-refractivity contribution in [3.63, 3.8) is 0 Å². The molecule has 0 aliphatic rings. The van der Waals surface area contributed by atoms with Gasteiger partial charge in [0.05, 0.1) is 13.7 Å². The van der Waals surface area contributed by atoms with Gasteiger partial charge in [-0.3, -0.25) is 4.79 Å². The third-order valence-corrected chi connectivity index (χ3v) is 3.62. The minimum absolute atomic E-state index is 0.101. The van der Waals surface area contributed by atoms with Crippen molar-refractivity contribution in [2.45, 2.75) is 20.4 Å². The van der Waals surface area contributed by atoms with E-state index in [2.05, 4.69) is 17.6 Å². The Morgan fingerprint density at radius 3 is 2.42 bits per heavy atom. The second kappa shape index (κ2) is 10.3. The number of hydrogen-bond acceptors (Lipinski definition) is 5. The molecular weight excluding hydrogens is 332 g/mol. The number of amides is 1. The van der Waals surface area contributed by atoms with Crippen molar-refractivity contribution in [1.82, 2.24) is 5.32 Å². The Bertz CT molecular complexity index is 701. The topological polar surface area (TPSA) is 68.8 Å². The van der Waals surface area contributed by atoms with Crippen molar-refractivity contribution in [1.29, 1.82) is 0 Å². The summed E-state index contributed by atoms with van der Waals surface area (Å²) in [6.45, 7) is 6.13. The van der Waals surface area contributed by atoms with Crippen LogP contribution >= 0.6 is 0 Å². The van der Waals surface area contributed by atoms with Crippen LogP contribution in [-0.2, 0) is 11.3 Å². The molecule has 26 heavy (non-hydrogen) atoms. The first-order chi connectivity index (χ1) is 12.7. The van der Waals surface area contributed by atoms with Crippen molar-refractivity contribution in [2.75, 3.05) is 32.2 Å². The molecule has 2 aromatic carbocycles. The lowest BCUT2D eigenvalue weighted by atomic mass is 10.2. The first-order valence-corrected chi connectivity index (χ1v) is 8.69. The van der Waals surface area contributed by atoms with Gasteiger partial charge in [-0.1, -0.05) is 13.0 Å². The highest BCUT2D eigenvalue weighted by molar-refractivity contribution is 5.91. The summed E-state index contributed by atoms with van der Waals surface area (Å²) < 4.78 is 16.3. The van der Waals surface area contributed by atoms with Crippen molar-refractivity contribution in [3.8, 4) is 17.2 Å². The van der Waals surface area contributed by atoms with E-state index in [1.54, 1.807) is 19.2 Å². The Morgan fingerprint density at radius 2 is 1.77 bits per heavy atom. The van der Waals surface area contributed by atoms with Crippen LogP contribution < -0.4 is 24.8 Å². The molecule has 0 spiro atoms. The number of ether oxygens (including phenoxy) is 3. The van der Waals surface area contributed by atoms with E-state index in [0.29, 0.717) is 23.8 Å². The second-order valence-electron chi connectivity index (χ2n) is 5.56. The highest BCUT2D eigenvalue weighted by Gasteiger charge is 2.09. The van der Waals surface area contributed by atoms with Gasteiger partial charge in [-0.05, 0) is 55.4 Å². The molecule has 0 aliphatic carbocycles. The summed E-state index contributed by atoms with van der Waals surface area (Å²) in [5, 5.41) is 6.04. The molecule has 0 fully saturated rings. The van der Waals surface area contributed by atoms with Crippen LogP contribution in [-0.4, -0.2) is 32.8 Å². The van der Waals surface area contributed by atoms with Gasteiger partial charge in [0, 0.05) is 12.2 Å². The van der Waals surface area contributed by atoms with Crippen LogP contribution in [0.15, 0.2) is 42.5 Å². The van der Waals surface area contributed by atoms with Crippen LogP contribution in [0.25, 0.3) is 0 Å². The molecule has 0 bridgehead atoms. The van der Waals surface area contributed by atoms with E-state index in [0.717, 1.165) is 24.4 Å². The quantitative estimate of drug-likeness (QED) is 0.682. The fourth-order valence-corrected chi connectivity index (χ4v) is 2.35. The van der Waals surface area contributed by atoms with Crippen LogP contribution in [0.4, 0.5) is 5.69 Å². The molecule has 140 valence electrons. The first kappa shape index (κ1) is 19.6. The third kappa shape index (κ3) is 5.97. The maximum Gasteiger partial charge on any atom is 0.262 e. The smallest absolute Gasteiger partial charge is 0.262 e. The zero-order valence-electron chi connectivity index (χ0n) is 15.5. The maximum atomic E-state index is 12.1. The predicted molar refractivity (Wildman–Crippen MR) is 102 cm³/mol. The van der Waals surface area contributed by atoms with Gasteiger partial charge in [-0.2, -0.15) is 0 Å². The fraction of sp³-hybridized carbons (Fsp3) is 0.350. The zero-order chi connectivity index (χ0) is 18.8. The van der Waals surface area contributed by atoms with Crippen molar-refractivity contribution in [3.05, 3.63) is 48.0 Å². The number of carbonyl (C=O) groups excluding carboxylic acids is 1. The standard InChI is InChI=1S/C20H26N2O4/c1-4-21-13-15-6-11-18(19(12-15)24-3)26-14-20(23)22-16-7-9-17(10-8-16)25-5-2/h6-12,21H,4-5,13-14H2,1-3H3,(H,22,23). The van der Waals surface area contributed by atoms with E-state index in [1.165, 1.54) is 0 Å². The summed E-state index contributed by atoms with van der Waals surface area (Å²) in [6.07, 6.45) is 0. The van der Waals surface area contributed by atoms with Gasteiger partial charge in [-0.25, -0.2) is 0 Å². The van der Waals surface area contributed by atoms with Gasteiger partial charge in [0.1, 0.15) is 5.75 Å². The summed E-state index contributed by atoms with van der Waals surface area (Å²) in [4.78, 5) is 12.1. The van der Waals surface area contributed by atoms with Crippen LogP contribution in [0.3, 0.4) is 0 Å². The minimum atomic E-state index is -0.243. The molecule has 0 saturated heterocycles. The van der Waals surface area contributed by atoms with Crippen LogP contribution in [0.1, 0.15) is 19.4 Å². The Morgan fingerprint density at radius 1 is 1.00 bits per heavy atom. The molecular formula is C20H26N2O4. The van der Waals surface area contributed by atoms with E-state index in [9.17, 15) is 4.79 Å². The van der Waals surface area contributed by atoms with Crippen molar-refractivity contribution >= 4 is 11.6 Å². The second-order valence-corrected chi connectivity index (χ2v) is 5.56. The largest absolute Gasteiger partial charge is 0.494 e. The molecule has 0 aromatic heterocycles. The van der Waals surface area contributed by atoms with Crippen LogP contribution in [0, 0.1) is 0 Å². The zero-order valence-corrected chi connectivity index (χ0v) is 15.5. The van der Waals surface area contributed by atoms with Gasteiger partial charge in [0.25, 0.3) is 5.91 Å². The molecule has 6 heteroatoms. The Kier molecular flexibility index (Phi) is 7.76. The van der Waals surface area contributed by atoms with E-state index in [1.807, 2.05) is 37.3 Å². The maximum absolute atomic E-state index is 12.1. The molecule has 1 amide bonds. The number of benzene rings is 2. The molecule has 6 nitrogen and oxygen atoms in total. The lowest BCUT2D eigenvalue weighted by Crippen LogP contribution is -2.20. The highest BCUT2D eigenvalue weighted by Crippen LogP contribution is 2.28. The molecule has 2 aromatic rings. The van der Waals surface area contributed by atoms with Gasteiger partial charge >= 0.3 is 0 Å². The summed E-state index contributed by atoms with van der Waals surface area (Å²) >= 11 is 0. The first-order valence-electron chi connectivity index (χ1n) is 8.69. The predicted octanol–water partition coefficient (Wildman–Crippen LogP) is 3.22. The lowest BCUT2D eigenvalue weighted by molar-refractivity contribution is -0.118. The summed E-state index contributed by atoms with van der Waals surface area (Å²) in [5.74, 6) is 1.67. The van der Waals surface area contributed by atoms with E-state index < -0.39 is 0 Å². The van der Waals surface area contributed by atoms with E-state index >= 15 is 0 Å². The molecule has 2 N–H and O–H groups in total. The Balaban J connectivity index is 1.89. The number of anilines is 1. The van der Waals surface area contributed by atoms with Crippen molar-refractivity contribution in [2.24, 2.45) is 0 Å². The van der Waals surface area contributed by atoms with Gasteiger partial charge in [-0.15, -0.1) is 0 Å². The summed E-state index contributed by atoms with van der Waals surface area (Å²) in [7, 11) is 1.58. The average Bonchev–Trinajstić information content (AvgIpc) is 2.66. The molecule has 0 aliphatic heterocycles. The Labute approximate surface area is 154 Å². The number of nitrogens with one attached hydrogen (secondary N) is 2. The molecule has 0 radical (unpaired) electrons. The number of hydrogen-bond donors (Lipinski definition) is 2. The third-order valence-electron chi connectivity index (χ3n) is 3.62. The highest BCUT2D eigenvalue weighted by atomic mass is 16.5. The SMILES string of the molecule is CCNCc1ccc(OCC(=O)Nc2ccc(OCC)cc2)c(OC)c1. The van der Waals surface area contributed by atoms with Crippen LogP contribution in [0.2, 0.25) is 0 Å². The normalized spacial score (nSPS) is 10.3. The number of carbonyl (C=O) groups is 1. The number of rotatable bonds is 10. The molecule has 0 heterocycles. The van der Waals surface area contributed by atoms with Crippen molar-refractivity contribution < 1.29 is 19.0 Å². The minimum Gasteiger partial charge on any atom is -0.494 e. The number of methoxy groups -OCH3 is 1. The molecule has 2 rings (SSSR count). The molecule has 0 saturated carbocycles. The van der Waals surface area contributed by atoms with E-state index in [-0.39, 0.29) is 12.5 Å². The monoisotopic (exact) mass is 358 g/mol. The Hall–Kier alpha value is -2.73. The van der Waals surface area contributed by atoms with E-state index in [4.69, 9.17) is 14.2 Å². The molecule has 0 unspecified atom stereocenters. The summed E-state index contributed by atoms with van der Waals surface area (Å²) in [5.41, 5.74) is 1.78. The van der Waals surface area contributed by atoms with Gasteiger partial charge < -0.3 is 24.8 Å². The van der Waals surface area contributed by atoms with Crippen LogP contribution in [0.5, 0.6) is 17.2 Å². The molecule has 0 atom stereocenters. The summed E-state index contributed by atoms with van der Waals surface area (Å²) in [6, 6.07) is 12.9. The van der Waals surface area contributed by atoms with Gasteiger partial charge in [0.15, 0.2) is 18.1 Å². The lowest BCUT2D eigenvalue weighted by Gasteiger charge is -2.13. The fourth-order valence-electron chi connectivity index (χ4n) is 2.35. The van der Waals surface area contributed by atoms with Gasteiger partial charge in [0.2, 0.25) is 0 Å².